The largest absolute Gasteiger partial charge is 0.398 e. The Labute approximate surface area is 89.8 Å². The van der Waals surface area contributed by atoms with Crippen LogP contribution in [0, 0.1) is 6.92 Å². The minimum Gasteiger partial charge on any atom is -0.398 e. The number of aryl methyl sites for hydroxylation is 1. The predicted molar refractivity (Wildman–Crippen MR) is 62.6 cm³/mol. The first-order valence-electron chi connectivity index (χ1n) is 4.99. The molecule has 0 unspecified atom stereocenters. The Bertz CT molecular complexity index is 446. The van der Waals surface area contributed by atoms with E-state index in [9.17, 15) is 0 Å². The molecule has 15 heavy (non-hydrogen) atoms. The normalized spacial score (nSPS) is 10.2. The zero-order valence-corrected chi connectivity index (χ0v) is 8.77. The Kier molecular flexibility index (Phi) is 2.68. The number of hydrogen-bond donors (Lipinski definition) is 1. The Morgan fingerprint density at radius 2 is 1.87 bits per heavy atom. The molecule has 0 atom stereocenters. The highest BCUT2D eigenvalue weighted by Crippen LogP contribution is 2.14. The van der Waals surface area contributed by atoms with Gasteiger partial charge in [0.15, 0.2) is 0 Å². The molecule has 2 rings (SSSR count). The molecule has 2 nitrogen and oxygen atoms in total. The van der Waals surface area contributed by atoms with Gasteiger partial charge in [-0.2, -0.15) is 0 Å². The summed E-state index contributed by atoms with van der Waals surface area (Å²) in [6, 6.07) is 10.3. The summed E-state index contributed by atoms with van der Waals surface area (Å²) in [5.41, 5.74) is 10.3. The van der Waals surface area contributed by atoms with Gasteiger partial charge >= 0.3 is 0 Å². The smallest absolute Gasteiger partial charge is 0.0380 e. The second-order valence-electron chi connectivity index (χ2n) is 3.74. The molecule has 0 radical (unpaired) electrons. The van der Waals surface area contributed by atoms with Crippen LogP contribution in [0.3, 0.4) is 0 Å². The Morgan fingerprint density at radius 3 is 2.53 bits per heavy atom. The Balaban J connectivity index is 2.22. The summed E-state index contributed by atoms with van der Waals surface area (Å²) < 4.78 is 0. The molecular weight excluding hydrogens is 184 g/mol. The maximum Gasteiger partial charge on any atom is 0.0380 e. The number of rotatable bonds is 2. The second kappa shape index (κ2) is 4.13. The second-order valence-corrected chi connectivity index (χ2v) is 3.74. The lowest BCUT2D eigenvalue weighted by atomic mass is 10.0. The number of aromatic nitrogens is 1. The molecule has 0 saturated heterocycles. The maximum absolute atomic E-state index is 5.86. The van der Waals surface area contributed by atoms with Crippen LogP contribution in [0.1, 0.15) is 16.7 Å². The third-order valence-corrected chi connectivity index (χ3v) is 2.46. The van der Waals surface area contributed by atoms with Crippen LogP contribution in [0.25, 0.3) is 0 Å². The van der Waals surface area contributed by atoms with E-state index in [0.717, 1.165) is 17.7 Å². The average molecular weight is 198 g/mol. The molecule has 0 aliphatic rings. The van der Waals surface area contributed by atoms with E-state index in [4.69, 9.17) is 5.73 Å². The molecule has 0 bridgehead atoms. The van der Waals surface area contributed by atoms with Gasteiger partial charge in [0.1, 0.15) is 0 Å². The van der Waals surface area contributed by atoms with Crippen molar-refractivity contribution in [1.82, 2.24) is 4.98 Å². The number of benzene rings is 1. The summed E-state index contributed by atoms with van der Waals surface area (Å²) in [5, 5.41) is 0. The number of nitrogens with two attached hydrogens (primary N) is 1. The fourth-order valence-corrected chi connectivity index (χ4v) is 1.51. The van der Waals surface area contributed by atoms with Gasteiger partial charge in [-0.05, 0) is 24.1 Å². The van der Waals surface area contributed by atoms with Crippen LogP contribution >= 0.6 is 0 Å². The third kappa shape index (κ3) is 2.34. The van der Waals surface area contributed by atoms with Gasteiger partial charge in [0, 0.05) is 24.5 Å². The standard InChI is InChI=1S/C13H14N2/c1-10-2-4-11(5-3-10)8-12-9-15-7-6-13(12)14/h2-7,9H,8H2,1H3,(H2,14,15). The van der Waals surface area contributed by atoms with Crippen molar-refractivity contribution < 1.29 is 0 Å². The van der Waals surface area contributed by atoms with E-state index in [1.165, 1.54) is 11.1 Å². The number of hydrogen-bond acceptors (Lipinski definition) is 2. The van der Waals surface area contributed by atoms with Gasteiger partial charge in [-0.3, -0.25) is 4.98 Å². The van der Waals surface area contributed by atoms with Gasteiger partial charge in [0.2, 0.25) is 0 Å². The summed E-state index contributed by atoms with van der Waals surface area (Å²) in [7, 11) is 0. The van der Waals surface area contributed by atoms with Crippen LogP contribution in [-0.2, 0) is 6.42 Å². The summed E-state index contributed by atoms with van der Waals surface area (Å²) >= 11 is 0. The maximum atomic E-state index is 5.86. The highest BCUT2D eigenvalue weighted by atomic mass is 14.7. The van der Waals surface area contributed by atoms with Crippen molar-refractivity contribution in [1.29, 1.82) is 0 Å². The molecule has 2 heteroatoms. The SMILES string of the molecule is Cc1ccc(Cc2cnccc2N)cc1. The molecule has 1 heterocycles. The quantitative estimate of drug-likeness (QED) is 0.805. The van der Waals surface area contributed by atoms with Gasteiger partial charge in [-0.25, -0.2) is 0 Å². The fourth-order valence-electron chi connectivity index (χ4n) is 1.51. The van der Waals surface area contributed by atoms with Crippen molar-refractivity contribution in [2.75, 3.05) is 5.73 Å². The monoisotopic (exact) mass is 198 g/mol. The van der Waals surface area contributed by atoms with Crippen LogP contribution in [0.15, 0.2) is 42.7 Å². The van der Waals surface area contributed by atoms with Crippen molar-refractivity contribution >= 4 is 5.69 Å². The molecule has 76 valence electrons. The molecule has 2 N–H and O–H groups in total. The first-order chi connectivity index (χ1) is 7.25. The number of nitrogen functional groups attached to an aromatic ring is 1. The summed E-state index contributed by atoms with van der Waals surface area (Å²) in [6.45, 7) is 2.09. The summed E-state index contributed by atoms with van der Waals surface area (Å²) in [6.07, 6.45) is 4.39. The summed E-state index contributed by atoms with van der Waals surface area (Å²) in [5.74, 6) is 0. The van der Waals surface area contributed by atoms with E-state index in [1.807, 2.05) is 12.3 Å². The molecule has 0 aliphatic carbocycles. The highest BCUT2D eigenvalue weighted by Gasteiger charge is 1.99. The zero-order valence-electron chi connectivity index (χ0n) is 8.77. The molecule has 1 aromatic carbocycles. The van der Waals surface area contributed by atoms with Crippen molar-refractivity contribution in [2.24, 2.45) is 0 Å². The van der Waals surface area contributed by atoms with Crippen molar-refractivity contribution in [2.45, 2.75) is 13.3 Å². The molecule has 0 fully saturated rings. The van der Waals surface area contributed by atoms with E-state index in [1.54, 1.807) is 6.20 Å². The Hall–Kier alpha value is -1.83. The molecule has 1 aromatic heterocycles. The van der Waals surface area contributed by atoms with Gasteiger partial charge in [-0.15, -0.1) is 0 Å². The molecule has 2 aromatic rings. The lowest BCUT2D eigenvalue weighted by Gasteiger charge is -2.04. The molecule has 0 saturated carbocycles. The molecule has 0 amide bonds. The highest BCUT2D eigenvalue weighted by molar-refractivity contribution is 5.46. The minimum absolute atomic E-state index is 0.811. The Morgan fingerprint density at radius 1 is 1.13 bits per heavy atom. The molecular formula is C13H14N2. The van der Waals surface area contributed by atoms with Gasteiger partial charge in [0.25, 0.3) is 0 Å². The third-order valence-electron chi connectivity index (χ3n) is 2.46. The first-order valence-corrected chi connectivity index (χ1v) is 4.99. The van der Waals surface area contributed by atoms with Crippen LogP contribution in [0.2, 0.25) is 0 Å². The lowest BCUT2D eigenvalue weighted by molar-refractivity contribution is 1.15. The minimum atomic E-state index is 0.811. The lowest BCUT2D eigenvalue weighted by Crippen LogP contribution is -1.96. The van der Waals surface area contributed by atoms with Gasteiger partial charge in [-0.1, -0.05) is 29.8 Å². The van der Waals surface area contributed by atoms with Crippen LogP contribution in [-0.4, -0.2) is 4.98 Å². The van der Waals surface area contributed by atoms with Crippen molar-refractivity contribution in [3.05, 3.63) is 59.4 Å². The van der Waals surface area contributed by atoms with E-state index in [2.05, 4.69) is 36.2 Å². The number of pyridine rings is 1. The summed E-state index contributed by atoms with van der Waals surface area (Å²) in [4.78, 5) is 4.08. The predicted octanol–water partition coefficient (Wildman–Crippen LogP) is 2.56. The number of nitrogens with zero attached hydrogens (tertiary/aromatic N) is 1. The van der Waals surface area contributed by atoms with E-state index < -0.39 is 0 Å². The first kappa shape index (κ1) is 9.71. The fraction of sp³-hybridized carbons (Fsp3) is 0.154. The van der Waals surface area contributed by atoms with E-state index in [-0.39, 0.29) is 0 Å². The van der Waals surface area contributed by atoms with Gasteiger partial charge in [0.05, 0.1) is 0 Å². The van der Waals surface area contributed by atoms with Crippen LogP contribution in [0.4, 0.5) is 5.69 Å². The van der Waals surface area contributed by atoms with Gasteiger partial charge < -0.3 is 5.73 Å². The van der Waals surface area contributed by atoms with E-state index in [0.29, 0.717) is 0 Å². The van der Waals surface area contributed by atoms with Crippen LogP contribution in [0.5, 0.6) is 0 Å². The van der Waals surface area contributed by atoms with Crippen molar-refractivity contribution in [3.63, 3.8) is 0 Å². The topological polar surface area (TPSA) is 38.9 Å². The molecule has 0 spiro atoms. The average Bonchev–Trinajstić information content (AvgIpc) is 2.25. The van der Waals surface area contributed by atoms with Crippen molar-refractivity contribution in [3.8, 4) is 0 Å². The molecule has 0 aliphatic heterocycles. The number of anilines is 1. The zero-order chi connectivity index (χ0) is 10.7. The van der Waals surface area contributed by atoms with Crippen LogP contribution < -0.4 is 5.73 Å². The van der Waals surface area contributed by atoms with E-state index >= 15 is 0 Å².